The van der Waals surface area contributed by atoms with E-state index in [2.05, 4.69) is 31.1 Å². The molecule has 0 saturated heterocycles. The van der Waals surface area contributed by atoms with Crippen LogP contribution in [0.15, 0.2) is 0 Å². The molecule has 3 unspecified atom stereocenters. The maximum Gasteiger partial charge on any atom is 0.0597 e. The Morgan fingerprint density at radius 1 is 1.44 bits per heavy atom. The molecular formula is C13H28N2O. The molecule has 1 saturated carbocycles. The highest BCUT2D eigenvalue weighted by Crippen LogP contribution is 2.26. The number of aliphatic hydroxyl groups is 1. The molecular weight excluding hydrogens is 200 g/mol. The van der Waals surface area contributed by atoms with E-state index in [1.807, 2.05) is 0 Å². The van der Waals surface area contributed by atoms with Crippen LogP contribution in [0.3, 0.4) is 0 Å². The lowest BCUT2D eigenvalue weighted by Gasteiger charge is -2.35. The summed E-state index contributed by atoms with van der Waals surface area (Å²) in [6, 6.07) is 0.948. The fourth-order valence-corrected chi connectivity index (χ4v) is 2.77. The molecule has 0 amide bonds. The lowest BCUT2D eigenvalue weighted by atomic mass is 9.86. The van der Waals surface area contributed by atoms with Gasteiger partial charge in [-0.25, -0.2) is 0 Å². The van der Waals surface area contributed by atoms with Gasteiger partial charge in [0.15, 0.2) is 0 Å². The number of nitrogens with zero attached hydrogens (tertiary/aromatic N) is 1. The van der Waals surface area contributed by atoms with Gasteiger partial charge in [-0.15, -0.1) is 0 Å². The maximum atomic E-state index is 9.27. The Morgan fingerprint density at radius 3 is 2.75 bits per heavy atom. The molecule has 1 aliphatic carbocycles. The molecule has 3 atom stereocenters. The molecule has 16 heavy (non-hydrogen) atoms. The van der Waals surface area contributed by atoms with Crippen molar-refractivity contribution in [2.75, 3.05) is 26.7 Å². The van der Waals surface area contributed by atoms with Gasteiger partial charge in [-0.1, -0.05) is 26.7 Å². The Labute approximate surface area is 100 Å². The van der Waals surface area contributed by atoms with Gasteiger partial charge in [-0.3, -0.25) is 0 Å². The fourth-order valence-electron chi connectivity index (χ4n) is 2.77. The maximum absolute atomic E-state index is 9.27. The molecule has 0 heterocycles. The zero-order chi connectivity index (χ0) is 12.0. The number of hydrogen-bond donors (Lipinski definition) is 2. The van der Waals surface area contributed by atoms with E-state index in [4.69, 9.17) is 0 Å². The van der Waals surface area contributed by atoms with Crippen molar-refractivity contribution in [3.05, 3.63) is 0 Å². The molecule has 3 heteroatoms. The highest BCUT2D eigenvalue weighted by molar-refractivity contribution is 4.80. The van der Waals surface area contributed by atoms with Crippen molar-refractivity contribution < 1.29 is 5.11 Å². The lowest BCUT2D eigenvalue weighted by Crippen LogP contribution is -2.46. The highest BCUT2D eigenvalue weighted by Gasteiger charge is 2.23. The molecule has 0 aromatic heterocycles. The van der Waals surface area contributed by atoms with E-state index in [1.54, 1.807) is 0 Å². The van der Waals surface area contributed by atoms with Gasteiger partial charge in [0.2, 0.25) is 0 Å². The lowest BCUT2D eigenvalue weighted by molar-refractivity contribution is 0.131. The average Bonchev–Trinajstić information content (AvgIpc) is 2.28. The number of hydrogen-bond acceptors (Lipinski definition) is 3. The Balaban J connectivity index is 2.34. The van der Waals surface area contributed by atoms with Gasteiger partial charge in [0.1, 0.15) is 0 Å². The van der Waals surface area contributed by atoms with Crippen LogP contribution < -0.4 is 5.32 Å². The monoisotopic (exact) mass is 228 g/mol. The molecule has 3 nitrogen and oxygen atoms in total. The second-order valence-electron chi connectivity index (χ2n) is 5.30. The third kappa shape index (κ3) is 4.40. The summed E-state index contributed by atoms with van der Waals surface area (Å²) in [5, 5.41) is 12.6. The van der Waals surface area contributed by atoms with Gasteiger partial charge >= 0.3 is 0 Å². The molecule has 1 rings (SSSR count). The summed E-state index contributed by atoms with van der Waals surface area (Å²) in [6.07, 6.45) is 5.40. The first kappa shape index (κ1) is 13.9. The van der Waals surface area contributed by atoms with Gasteiger partial charge in [0.05, 0.1) is 6.61 Å². The van der Waals surface area contributed by atoms with E-state index < -0.39 is 0 Å². The zero-order valence-electron chi connectivity index (χ0n) is 11.1. The van der Waals surface area contributed by atoms with Crippen LogP contribution in [0.25, 0.3) is 0 Å². The summed E-state index contributed by atoms with van der Waals surface area (Å²) < 4.78 is 0. The van der Waals surface area contributed by atoms with Crippen LogP contribution in [0.5, 0.6) is 0 Å². The van der Waals surface area contributed by atoms with E-state index >= 15 is 0 Å². The van der Waals surface area contributed by atoms with Crippen molar-refractivity contribution in [1.29, 1.82) is 0 Å². The third-order valence-corrected chi connectivity index (χ3v) is 3.75. The van der Waals surface area contributed by atoms with Crippen LogP contribution in [-0.4, -0.2) is 48.8 Å². The van der Waals surface area contributed by atoms with Gasteiger partial charge in [-0.2, -0.15) is 0 Å². The quantitative estimate of drug-likeness (QED) is 0.722. The Kier molecular flexibility index (Phi) is 6.32. The van der Waals surface area contributed by atoms with E-state index in [-0.39, 0.29) is 12.6 Å². The molecule has 0 bridgehead atoms. The molecule has 2 N–H and O–H groups in total. The second kappa shape index (κ2) is 7.25. The van der Waals surface area contributed by atoms with E-state index in [0.29, 0.717) is 0 Å². The molecule has 0 aromatic rings. The summed E-state index contributed by atoms with van der Waals surface area (Å²) in [6.45, 7) is 6.57. The Hall–Kier alpha value is -0.120. The molecule has 0 radical (unpaired) electrons. The van der Waals surface area contributed by atoms with Crippen molar-refractivity contribution in [1.82, 2.24) is 10.2 Å². The fraction of sp³-hybridized carbons (Fsp3) is 1.00. The predicted octanol–water partition coefficient (Wildman–Crippen LogP) is 1.47. The zero-order valence-corrected chi connectivity index (χ0v) is 11.1. The molecule has 0 aromatic carbocycles. The van der Waals surface area contributed by atoms with Crippen LogP contribution in [0.2, 0.25) is 0 Å². The van der Waals surface area contributed by atoms with Crippen molar-refractivity contribution >= 4 is 0 Å². The van der Waals surface area contributed by atoms with Gasteiger partial charge in [0, 0.05) is 18.6 Å². The molecule has 0 aliphatic heterocycles. The second-order valence-corrected chi connectivity index (χ2v) is 5.30. The SMILES string of the molecule is CCNC(CO)CN(C)C1CCCC(C)C1. The van der Waals surface area contributed by atoms with Gasteiger partial charge in [0.25, 0.3) is 0 Å². The largest absolute Gasteiger partial charge is 0.395 e. The standard InChI is InChI=1S/C13H28N2O/c1-4-14-12(10-16)9-15(3)13-7-5-6-11(2)8-13/h11-14,16H,4-10H2,1-3H3. The minimum atomic E-state index is 0.229. The van der Waals surface area contributed by atoms with E-state index in [9.17, 15) is 5.11 Å². The van der Waals surface area contributed by atoms with Crippen molar-refractivity contribution in [2.45, 2.75) is 51.6 Å². The number of rotatable bonds is 6. The first-order valence-electron chi connectivity index (χ1n) is 6.71. The smallest absolute Gasteiger partial charge is 0.0597 e. The van der Waals surface area contributed by atoms with Crippen LogP contribution in [-0.2, 0) is 0 Å². The topological polar surface area (TPSA) is 35.5 Å². The van der Waals surface area contributed by atoms with Crippen LogP contribution in [0.1, 0.15) is 39.5 Å². The first-order valence-corrected chi connectivity index (χ1v) is 6.71. The Bertz CT molecular complexity index is 187. The summed E-state index contributed by atoms with van der Waals surface area (Å²) in [5.74, 6) is 0.868. The van der Waals surface area contributed by atoms with Crippen LogP contribution in [0.4, 0.5) is 0 Å². The summed E-state index contributed by atoms with van der Waals surface area (Å²) >= 11 is 0. The average molecular weight is 228 g/mol. The van der Waals surface area contributed by atoms with Crippen molar-refractivity contribution in [3.8, 4) is 0 Å². The van der Waals surface area contributed by atoms with Gasteiger partial charge < -0.3 is 15.3 Å². The van der Waals surface area contributed by atoms with E-state index in [1.165, 1.54) is 25.7 Å². The number of aliphatic hydroxyl groups excluding tert-OH is 1. The van der Waals surface area contributed by atoms with Crippen molar-refractivity contribution in [3.63, 3.8) is 0 Å². The van der Waals surface area contributed by atoms with Gasteiger partial charge in [-0.05, 0) is 32.4 Å². The first-order chi connectivity index (χ1) is 7.67. The summed E-state index contributed by atoms with van der Waals surface area (Å²) in [4.78, 5) is 2.43. The molecule has 1 fully saturated rings. The number of likely N-dealkylation sites (N-methyl/N-ethyl adjacent to an activating group) is 2. The van der Waals surface area contributed by atoms with E-state index in [0.717, 1.165) is 25.0 Å². The summed E-state index contributed by atoms with van der Waals surface area (Å²) in [5.41, 5.74) is 0. The Morgan fingerprint density at radius 2 is 2.19 bits per heavy atom. The molecule has 0 spiro atoms. The normalized spacial score (nSPS) is 28.3. The summed E-state index contributed by atoms with van der Waals surface area (Å²) in [7, 11) is 2.20. The minimum absolute atomic E-state index is 0.229. The van der Waals surface area contributed by atoms with Crippen LogP contribution in [0, 0.1) is 5.92 Å². The minimum Gasteiger partial charge on any atom is -0.395 e. The number of nitrogens with one attached hydrogen (secondary N) is 1. The van der Waals surface area contributed by atoms with Crippen LogP contribution >= 0.6 is 0 Å². The van der Waals surface area contributed by atoms with Crippen molar-refractivity contribution in [2.24, 2.45) is 5.92 Å². The molecule has 1 aliphatic rings. The predicted molar refractivity (Wildman–Crippen MR) is 68.6 cm³/mol. The third-order valence-electron chi connectivity index (χ3n) is 3.75. The highest BCUT2D eigenvalue weighted by atomic mass is 16.3. The molecule has 96 valence electrons.